The van der Waals surface area contributed by atoms with Gasteiger partial charge in [0.15, 0.2) is 0 Å². The zero-order valence-corrected chi connectivity index (χ0v) is 35.0. The Hall–Kier alpha value is -6.84. The predicted octanol–water partition coefficient (Wildman–Crippen LogP) is 15.6. The molecule has 59 heavy (non-hydrogen) atoms. The normalized spacial score (nSPS) is 12.8. The van der Waals surface area contributed by atoms with E-state index < -0.39 is 0 Å². The third-order valence-corrected chi connectivity index (χ3v) is 12.5. The van der Waals surface area contributed by atoms with Crippen molar-refractivity contribution in [3.05, 3.63) is 209 Å². The van der Waals surface area contributed by atoms with Crippen molar-refractivity contribution in [2.24, 2.45) is 0 Å². The molecule has 0 fully saturated rings. The van der Waals surface area contributed by atoms with E-state index in [0.29, 0.717) is 0 Å². The van der Waals surface area contributed by atoms with Crippen LogP contribution in [0.15, 0.2) is 170 Å². The van der Waals surface area contributed by atoms with E-state index in [9.17, 15) is 0 Å². The van der Waals surface area contributed by atoms with Crippen molar-refractivity contribution < 1.29 is 0 Å². The number of aromatic nitrogens is 1. The second-order valence-electron chi connectivity index (χ2n) is 17.2. The average molecular weight is 764 g/mol. The maximum absolute atomic E-state index is 2.50. The first kappa shape index (κ1) is 36.5. The first-order chi connectivity index (χ1) is 28.5. The molecule has 9 aromatic rings. The van der Waals surface area contributed by atoms with Crippen LogP contribution in [-0.2, 0) is 5.41 Å². The lowest BCUT2D eigenvalue weighted by molar-refractivity contribution is 0.661. The Morgan fingerprint density at radius 2 is 0.712 bits per heavy atom. The van der Waals surface area contributed by atoms with Gasteiger partial charge in [-0.2, -0.15) is 0 Å². The Bertz CT molecular complexity index is 2930. The molecule has 3 heteroatoms. The molecule has 0 N–H and O–H groups in total. The maximum atomic E-state index is 2.50. The van der Waals surface area contributed by atoms with Gasteiger partial charge in [0.1, 0.15) is 0 Å². The summed E-state index contributed by atoms with van der Waals surface area (Å²) in [5.74, 6) is 0. The summed E-state index contributed by atoms with van der Waals surface area (Å²) in [7, 11) is 0. The van der Waals surface area contributed by atoms with Crippen LogP contribution in [0.1, 0.15) is 52.8 Å². The van der Waals surface area contributed by atoms with Crippen molar-refractivity contribution in [2.45, 2.75) is 53.9 Å². The fourth-order valence-electron chi connectivity index (χ4n) is 9.14. The lowest BCUT2D eigenvalue weighted by Crippen LogP contribution is -2.16. The Morgan fingerprint density at radius 3 is 1.19 bits per heavy atom. The molecule has 0 bridgehead atoms. The molecule has 3 nitrogen and oxygen atoms in total. The van der Waals surface area contributed by atoms with Crippen LogP contribution < -0.4 is 9.80 Å². The van der Waals surface area contributed by atoms with E-state index in [4.69, 9.17) is 0 Å². The van der Waals surface area contributed by atoms with Crippen LogP contribution in [0, 0.1) is 34.6 Å². The number of nitrogens with zero attached hydrogens (tertiary/aromatic N) is 3. The molecule has 0 radical (unpaired) electrons. The quantitative estimate of drug-likeness (QED) is 0.160. The summed E-state index contributed by atoms with van der Waals surface area (Å²) in [6.45, 7) is 15.5. The van der Waals surface area contributed by atoms with E-state index in [1.54, 1.807) is 0 Å². The van der Waals surface area contributed by atoms with Gasteiger partial charge in [-0.05, 0) is 160 Å². The van der Waals surface area contributed by atoms with E-state index in [1.165, 1.54) is 71.9 Å². The van der Waals surface area contributed by atoms with E-state index in [0.717, 1.165) is 39.8 Å². The van der Waals surface area contributed by atoms with Crippen molar-refractivity contribution >= 4 is 55.9 Å². The molecule has 0 saturated heterocycles. The number of benzene rings is 8. The highest BCUT2D eigenvalue weighted by atomic mass is 15.1. The smallest absolute Gasteiger partial charge is 0.0547 e. The van der Waals surface area contributed by atoms with Crippen LogP contribution >= 0.6 is 0 Å². The summed E-state index contributed by atoms with van der Waals surface area (Å²) < 4.78 is 2.46. The van der Waals surface area contributed by atoms with Gasteiger partial charge in [-0.25, -0.2) is 0 Å². The number of fused-ring (bicyclic) bond motifs is 6. The van der Waals surface area contributed by atoms with Crippen molar-refractivity contribution in [2.75, 3.05) is 9.80 Å². The van der Waals surface area contributed by atoms with Crippen molar-refractivity contribution in [3.63, 3.8) is 0 Å². The van der Waals surface area contributed by atoms with Crippen LogP contribution in [0.4, 0.5) is 34.1 Å². The second kappa shape index (κ2) is 13.9. The summed E-state index contributed by atoms with van der Waals surface area (Å²) >= 11 is 0. The van der Waals surface area contributed by atoms with Gasteiger partial charge in [-0.15, -0.1) is 0 Å². The van der Waals surface area contributed by atoms with Gasteiger partial charge in [-0.3, -0.25) is 0 Å². The summed E-state index contributed by atoms with van der Waals surface area (Å²) in [4.78, 5) is 4.78. The molecule has 0 aliphatic heterocycles. The van der Waals surface area contributed by atoms with Gasteiger partial charge < -0.3 is 14.4 Å². The van der Waals surface area contributed by atoms with Gasteiger partial charge in [0.2, 0.25) is 0 Å². The maximum Gasteiger partial charge on any atom is 0.0547 e. The minimum absolute atomic E-state index is 0.229. The summed E-state index contributed by atoms with van der Waals surface area (Å²) in [6.07, 6.45) is 0. The Morgan fingerprint density at radius 1 is 0.339 bits per heavy atom. The molecule has 8 aromatic carbocycles. The van der Waals surface area contributed by atoms with Crippen LogP contribution in [0.2, 0.25) is 0 Å². The Balaban J connectivity index is 1.18. The minimum Gasteiger partial charge on any atom is -0.310 e. The first-order valence-electron chi connectivity index (χ1n) is 20.8. The van der Waals surface area contributed by atoms with Crippen molar-refractivity contribution in [1.82, 2.24) is 4.57 Å². The summed E-state index contributed by atoms with van der Waals surface area (Å²) in [5, 5.41) is 2.50. The molecule has 0 saturated carbocycles. The number of hydrogen-bond acceptors (Lipinski definition) is 2. The first-order valence-corrected chi connectivity index (χ1v) is 20.8. The third kappa shape index (κ3) is 6.20. The molecule has 1 heterocycles. The Kier molecular flexibility index (Phi) is 8.61. The molecule has 1 aliphatic carbocycles. The van der Waals surface area contributed by atoms with Crippen LogP contribution in [-0.4, -0.2) is 4.57 Å². The summed E-state index contributed by atoms with van der Waals surface area (Å²) in [6, 6.07) is 63.5. The van der Waals surface area contributed by atoms with E-state index in [1.807, 2.05) is 0 Å². The molecule has 1 aliphatic rings. The molecule has 0 unspecified atom stereocenters. The SMILES string of the molecule is Cc1ccc(N(c2ccc(C)cc2)c2ccc3c(c2)C(C)(C)c2cc4c5cc(N(c6ccc(C)cc6)c6ccc(C)cc6)ccc5n(-c5ccc(C)cc5)c4cc2-3)cc1. The molecule has 288 valence electrons. The molecule has 0 atom stereocenters. The molecule has 0 amide bonds. The van der Waals surface area contributed by atoms with Gasteiger partial charge in [0.05, 0.1) is 11.0 Å². The van der Waals surface area contributed by atoms with Gasteiger partial charge in [0.25, 0.3) is 0 Å². The zero-order chi connectivity index (χ0) is 40.6. The predicted molar refractivity (Wildman–Crippen MR) is 251 cm³/mol. The molecule has 10 rings (SSSR count). The van der Waals surface area contributed by atoms with Gasteiger partial charge in [-0.1, -0.05) is 108 Å². The second-order valence-corrected chi connectivity index (χ2v) is 17.2. The average Bonchev–Trinajstić information content (AvgIpc) is 3.67. The Labute approximate surface area is 348 Å². The largest absolute Gasteiger partial charge is 0.310 e. The highest BCUT2D eigenvalue weighted by molar-refractivity contribution is 6.13. The molecule has 1 aromatic heterocycles. The molecular formula is C56H49N3. The van der Waals surface area contributed by atoms with Gasteiger partial charge in [0, 0.05) is 56.0 Å². The number of hydrogen-bond donors (Lipinski definition) is 0. The third-order valence-electron chi connectivity index (χ3n) is 12.5. The van der Waals surface area contributed by atoms with Crippen molar-refractivity contribution in [1.29, 1.82) is 0 Å². The molecular weight excluding hydrogens is 715 g/mol. The monoisotopic (exact) mass is 763 g/mol. The van der Waals surface area contributed by atoms with E-state index >= 15 is 0 Å². The highest BCUT2D eigenvalue weighted by Crippen LogP contribution is 2.53. The van der Waals surface area contributed by atoms with Gasteiger partial charge >= 0.3 is 0 Å². The van der Waals surface area contributed by atoms with Crippen LogP contribution in [0.25, 0.3) is 38.6 Å². The fraction of sp³-hybridized carbons (Fsp3) is 0.143. The zero-order valence-electron chi connectivity index (χ0n) is 35.0. The van der Waals surface area contributed by atoms with E-state index in [-0.39, 0.29) is 5.41 Å². The van der Waals surface area contributed by atoms with E-state index in [2.05, 4.69) is 233 Å². The number of aryl methyl sites for hydroxylation is 5. The van der Waals surface area contributed by atoms with Crippen LogP contribution in [0.3, 0.4) is 0 Å². The fourth-order valence-corrected chi connectivity index (χ4v) is 9.14. The van der Waals surface area contributed by atoms with Crippen LogP contribution in [0.5, 0.6) is 0 Å². The lowest BCUT2D eigenvalue weighted by Gasteiger charge is -2.28. The number of anilines is 6. The number of rotatable bonds is 7. The summed E-state index contributed by atoms with van der Waals surface area (Å²) in [5.41, 5.74) is 21.8. The molecule has 0 spiro atoms. The standard InChI is InChI=1S/C56H49N3/c1-36-8-18-41(19-9-36)57(42-20-10-37(2)11-21-42)46-29-31-54-50(32-46)51-34-53-49(35-55(51)59(54)45-26-16-40(5)17-27-45)48-30-28-47(33-52(48)56(53,6)7)58(43-22-12-38(3)13-23-43)44-24-14-39(4)15-25-44/h8-35H,1-7H3. The minimum atomic E-state index is -0.229. The topological polar surface area (TPSA) is 11.4 Å². The highest BCUT2D eigenvalue weighted by Gasteiger charge is 2.37. The van der Waals surface area contributed by atoms with Crippen molar-refractivity contribution in [3.8, 4) is 16.8 Å². The lowest BCUT2D eigenvalue weighted by atomic mass is 9.82.